The lowest BCUT2D eigenvalue weighted by molar-refractivity contribution is -0.126. The van der Waals surface area contributed by atoms with Gasteiger partial charge in [-0.25, -0.2) is 0 Å². The normalized spacial score (nSPS) is 19.1. The molecule has 102 valence electrons. The summed E-state index contributed by atoms with van der Waals surface area (Å²) in [5, 5.41) is 5.72. The molecule has 4 heteroatoms. The van der Waals surface area contributed by atoms with Gasteiger partial charge >= 0.3 is 0 Å². The second kappa shape index (κ2) is 5.87. The fourth-order valence-electron chi connectivity index (χ4n) is 2.31. The molecule has 19 heavy (non-hydrogen) atoms. The molecule has 1 aromatic rings. The van der Waals surface area contributed by atoms with Crippen molar-refractivity contribution in [2.24, 2.45) is 5.92 Å². The zero-order valence-corrected chi connectivity index (χ0v) is 11.4. The molecule has 0 aromatic heterocycles. The van der Waals surface area contributed by atoms with Crippen molar-refractivity contribution in [3.05, 3.63) is 29.8 Å². The second-order valence-electron chi connectivity index (χ2n) is 5.27. The monoisotopic (exact) mass is 260 g/mol. The molecular weight excluding hydrogens is 240 g/mol. The maximum atomic E-state index is 12.2. The molecule has 1 saturated heterocycles. The fourth-order valence-corrected chi connectivity index (χ4v) is 2.31. The van der Waals surface area contributed by atoms with E-state index in [1.165, 1.54) is 0 Å². The van der Waals surface area contributed by atoms with Gasteiger partial charge in [-0.2, -0.15) is 0 Å². The van der Waals surface area contributed by atoms with Crippen LogP contribution in [0.15, 0.2) is 24.3 Å². The zero-order chi connectivity index (χ0) is 13.8. The van der Waals surface area contributed by atoms with Crippen LogP contribution in [0.4, 0.5) is 5.69 Å². The molecule has 1 atom stereocenters. The number of para-hydroxylation sites is 1. The summed E-state index contributed by atoms with van der Waals surface area (Å²) in [6, 6.07) is 7.85. The van der Waals surface area contributed by atoms with Gasteiger partial charge in [0.2, 0.25) is 11.8 Å². The first-order valence-electron chi connectivity index (χ1n) is 6.74. The predicted molar refractivity (Wildman–Crippen MR) is 74.9 cm³/mol. The van der Waals surface area contributed by atoms with E-state index in [2.05, 4.69) is 24.5 Å². The molecule has 0 radical (unpaired) electrons. The number of nitrogens with one attached hydrogen (secondary N) is 2. The molecule has 0 bridgehead atoms. The first-order valence-corrected chi connectivity index (χ1v) is 6.74. The molecule has 1 aromatic carbocycles. The Bertz CT molecular complexity index is 473. The van der Waals surface area contributed by atoms with Gasteiger partial charge in [-0.15, -0.1) is 0 Å². The Morgan fingerprint density at radius 2 is 2.11 bits per heavy atom. The van der Waals surface area contributed by atoms with Crippen molar-refractivity contribution in [2.75, 3.05) is 11.9 Å². The van der Waals surface area contributed by atoms with Gasteiger partial charge in [0.1, 0.15) is 0 Å². The van der Waals surface area contributed by atoms with Crippen molar-refractivity contribution in [3.63, 3.8) is 0 Å². The third kappa shape index (κ3) is 3.34. The Balaban J connectivity index is 2.05. The molecule has 2 amide bonds. The number of amides is 2. The van der Waals surface area contributed by atoms with Crippen LogP contribution in [0, 0.1) is 5.92 Å². The summed E-state index contributed by atoms with van der Waals surface area (Å²) in [6.07, 6.45) is 1.06. The highest BCUT2D eigenvalue weighted by Crippen LogP contribution is 2.24. The average Bonchev–Trinajstić information content (AvgIpc) is 2.39. The van der Waals surface area contributed by atoms with Crippen LogP contribution in [0.1, 0.15) is 38.2 Å². The number of carbonyl (C=O) groups is 2. The van der Waals surface area contributed by atoms with Crippen molar-refractivity contribution in [1.29, 1.82) is 0 Å². The first-order chi connectivity index (χ1) is 9.08. The third-order valence-electron chi connectivity index (χ3n) is 3.48. The topological polar surface area (TPSA) is 58.2 Å². The molecule has 1 heterocycles. The standard InChI is InChI=1S/C15H20N2O2/c1-10(2)12-5-3-4-6-13(12)17-15(19)11-7-8-14(18)16-9-11/h3-6,10-11H,7-9H2,1-2H3,(H,16,18)(H,17,19). The van der Waals surface area contributed by atoms with Crippen molar-refractivity contribution >= 4 is 17.5 Å². The highest BCUT2D eigenvalue weighted by Gasteiger charge is 2.24. The van der Waals surface area contributed by atoms with Gasteiger partial charge in [-0.3, -0.25) is 9.59 Å². The summed E-state index contributed by atoms with van der Waals surface area (Å²) >= 11 is 0. The molecule has 1 aliphatic rings. The molecular formula is C15H20N2O2. The van der Waals surface area contributed by atoms with Gasteiger partial charge in [-0.05, 0) is 24.0 Å². The van der Waals surface area contributed by atoms with Gasteiger partial charge in [0.25, 0.3) is 0 Å². The Hall–Kier alpha value is -1.84. The largest absolute Gasteiger partial charge is 0.355 e. The van der Waals surface area contributed by atoms with Gasteiger partial charge in [-0.1, -0.05) is 32.0 Å². The first kappa shape index (κ1) is 13.6. The average molecular weight is 260 g/mol. The van der Waals surface area contributed by atoms with Gasteiger partial charge < -0.3 is 10.6 Å². The van der Waals surface area contributed by atoms with Crippen molar-refractivity contribution < 1.29 is 9.59 Å². The molecule has 1 aliphatic heterocycles. The minimum absolute atomic E-state index is 0.00639. The van der Waals surface area contributed by atoms with E-state index < -0.39 is 0 Å². The van der Waals surface area contributed by atoms with E-state index in [4.69, 9.17) is 0 Å². The number of hydrogen-bond acceptors (Lipinski definition) is 2. The molecule has 0 aliphatic carbocycles. The number of benzene rings is 1. The van der Waals surface area contributed by atoms with E-state index in [9.17, 15) is 9.59 Å². The lowest BCUT2D eigenvalue weighted by Gasteiger charge is -2.22. The Morgan fingerprint density at radius 3 is 2.74 bits per heavy atom. The lowest BCUT2D eigenvalue weighted by Crippen LogP contribution is -2.40. The lowest BCUT2D eigenvalue weighted by atomic mass is 9.97. The van der Waals surface area contributed by atoms with Crippen LogP contribution >= 0.6 is 0 Å². The minimum atomic E-state index is -0.127. The van der Waals surface area contributed by atoms with Crippen LogP contribution in [-0.2, 0) is 9.59 Å². The van der Waals surface area contributed by atoms with Crippen LogP contribution in [0.3, 0.4) is 0 Å². The van der Waals surface area contributed by atoms with Crippen LogP contribution in [-0.4, -0.2) is 18.4 Å². The van der Waals surface area contributed by atoms with E-state index in [0.717, 1.165) is 11.3 Å². The maximum absolute atomic E-state index is 12.2. The van der Waals surface area contributed by atoms with E-state index in [1.54, 1.807) is 0 Å². The van der Waals surface area contributed by atoms with Crippen LogP contribution in [0.25, 0.3) is 0 Å². The predicted octanol–water partition coefficient (Wildman–Crippen LogP) is 2.27. The summed E-state index contributed by atoms with van der Waals surface area (Å²) < 4.78 is 0. The number of hydrogen-bond donors (Lipinski definition) is 2. The van der Waals surface area contributed by atoms with Crippen molar-refractivity contribution in [1.82, 2.24) is 5.32 Å². The number of anilines is 1. The summed E-state index contributed by atoms with van der Waals surface area (Å²) in [5.41, 5.74) is 2.01. The SMILES string of the molecule is CC(C)c1ccccc1NC(=O)C1CCC(=O)NC1. The van der Waals surface area contributed by atoms with Gasteiger partial charge in [0.15, 0.2) is 0 Å². The van der Waals surface area contributed by atoms with Gasteiger partial charge in [0, 0.05) is 18.7 Å². The van der Waals surface area contributed by atoms with Crippen LogP contribution < -0.4 is 10.6 Å². The van der Waals surface area contributed by atoms with Crippen molar-refractivity contribution in [3.8, 4) is 0 Å². The highest BCUT2D eigenvalue weighted by atomic mass is 16.2. The van der Waals surface area contributed by atoms with E-state index in [-0.39, 0.29) is 17.7 Å². The fraction of sp³-hybridized carbons (Fsp3) is 0.467. The Kier molecular flexibility index (Phi) is 4.20. The van der Waals surface area contributed by atoms with Crippen LogP contribution in [0.5, 0.6) is 0 Å². The molecule has 4 nitrogen and oxygen atoms in total. The second-order valence-corrected chi connectivity index (χ2v) is 5.27. The Labute approximate surface area is 113 Å². The molecule has 0 spiro atoms. The van der Waals surface area contributed by atoms with Crippen molar-refractivity contribution in [2.45, 2.75) is 32.6 Å². The Morgan fingerprint density at radius 1 is 1.37 bits per heavy atom. The number of carbonyl (C=O) groups excluding carboxylic acids is 2. The minimum Gasteiger partial charge on any atom is -0.355 e. The number of piperidine rings is 1. The van der Waals surface area contributed by atoms with E-state index in [1.807, 2.05) is 24.3 Å². The summed E-state index contributed by atoms with van der Waals surface area (Å²) in [4.78, 5) is 23.3. The van der Waals surface area contributed by atoms with Crippen LogP contribution in [0.2, 0.25) is 0 Å². The van der Waals surface area contributed by atoms with E-state index >= 15 is 0 Å². The smallest absolute Gasteiger partial charge is 0.229 e. The molecule has 0 saturated carbocycles. The maximum Gasteiger partial charge on any atom is 0.229 e. The molecule has 2 rings (SSSR count). The molecule has 1 fully saturated rings. The third-order valence-corrected chi connectivity index (χ3v) is 3.48. The van der Waals surface area contributed by atoms with E-state index in [0.29, 0.717) is 25.3 Å². The number of rotatable bonds is 3. The summed E-state index contributed by atoms with van der Waals surface area (Å²) in [7, 11) is 0. The molecule has 1 unspecified atom stereocenters. The summed E-state index contributed by atoms with van der Waals surface area (Å²) in [6.45, 7) is 4.64. The van der Waals surface area contributed by atoms with Gasteiger partial charge in [0.05, 0.1) is 5.92 Å². The zero-order valence-electron chi connectivity index (χ0n) is 11.4. The summed E-state index contributed by atoms with van der Waals surface area (Å²) in [5.74, 6) is 0.264. The molecule has 2 N–H and O–H groups in total. The quantitative estimate of drug-likeness (QED) is 0.876. The highest BCUT2D eigenvalue weighted by molar-refractivity contribution is 5.94.